The van der Waals surface area contributed by atoms with Crippen molar-refractivity contribution in [2.24, 2.45) is 5.73 Å². The Balaban J connectivity index is 1.90. The van der Waals surface area contributed by atoms with E-state index in [1.807, 2.05) is 4.90 Å². The molecule has 0 amide bonds. The second-order valence-corrected chi connectivity index (χ2v) is 10.7. The highest BCUT2D eigenvalue weighted by Crippen LogP contribution is 2.59. The molecule has 1 unspecified atom stereocenters. The fourth-order valence-electron chi connectivity index (χ4n) is 4.15. The van der Waals surface area contributed by atoms with E-state index in [9.17, 15) is 28.1 Å². The number of carbonyl (C=O) groups is 1. The molecule has 0 aliphatic carbocycles. The number of carboxylic acids is 1. The molecule has 2 atom stereocenters. The first-order chi connectivity index (χ1) is 14.7. The Morgan fingerprint density at radius 3 is 2.45 bits per heavy atom. The lowest BCUT2D eigenvalue weighted by Crippen LogP contribution is -2.53. The van der Waals surface area contributed by atoms with Gasteiger partial charge in [-0.2, -0.15) is 0 Å². The number of carboxylic acid groups (broad SMARTS) is 1. The van der Waals surface area contributed by atoms with E-state index in [1.165, 1.54) is 24.3 Å². The van der Waals surface area contributed by atoms with Crippen LogP contribution < -0.4 is 5.73 Å². The van der Waals surface area contributed by atoms with Crippen molar-refractivity contribution in [1.29, 1.82) is 0 Å². The molecule has 2 aromatic carbocycles. The van der Waals surface area contributed by atoms with Crippen LogP contribution in [0.5, 0.6) is 0 Å². The molecule has 1 saturated heterocycles. The number of hydrogen-bond donors (Lipinski definition) is 3. The Morgan fingerprint density at radius 2 is 1.81 bits per heavy atom. The summed E-state index contributed by atoms with van der Waals surface area (Å²) in [5.41, 5.74) is 7.44. The minimum atomic E-state index is -3.93. The summed E-state index contributed by atoms with van der Waals surface area (Å²) in [6.45, 7) is 0.825. The standard InChI is InChI=1S/C22H27F2N2O4P/c23-18-6-3-16(4-7-18)20-13-19(24)8-5-17(20)14-26-11-12-31(29,30)22(15-26,21(27)28)9-1-2-10-25/h3-8,13H,1-2,9-12,14-15,25H2,(H,27,28)(H,29,30)/t22-/m0/s1. The summed E-state index contributed by atoms with van der Waals surface area (Å²) >= 11 is 0. The summed E-state index contributed by atoms with van der Waals surface area (Å²) in [4.78, 5) is 24.6. The van der Waals surface area contributed by atoms with Gasteiger partial charge < -0.3 is 15.7 Å². The lowest BCUT2D eigenvalue weighted by molar-refractivity contribution is -0.141. The quantitative estimate of drug-likeness (QED) is 0.417. The van der Waals surface area contributed by atoms with Gasteiger partial charge in [0.05, 0.1) is 0 Å². The van der Waals surface area contributed by atoms with Crippen LogP contribution in [-0.4, -0.2) is 51.8 Å². The van der Waals surface area contributed by atoms with Crippen LogP contribution >= 0.6 is 7.37 Å². The maximum absolute atomic E-state index is 13.9. The largest absolute Gasteiger partial charge is 0.480 e. The highest BCUT2D eigenvalue weighted by molar-refractivity contribution is 7.61. The summed E-state index contributed by atoms with van der Waals surface area (Å²) < 4.78 is 40.2. The van der Waals surface area contributed by atoms with Gasteiger partial charge in [0.25, 0.3) is 0 Å². The van der Waals surface area contributed by atoms with Crippen LogP contribution in [0, 0.1) is 11.6 Å². The van der Waals surface area contributed by atoms with E-state index in [0.717, 1.165) is 5.56 Å². The molecule has 0 aromatic heterocycles. The SMILES string of the molecule is NCCCC[C@@]1(C(=O)O)CN(Cc2ccc(F)cc2-c2ccc(F)cc2)CCP1(=O)O. The Bertz CT molecular complexity index is 986. The van der Waals surface area contributed by atoms with Crippen molar-refractivity contribution < 1.29 is 28.1 Å². The zero-order valence-electron chi connectivity index (χ0n) is 17.1. The third kappa shape index (κ3) is 5.04. The number of halogens is 2. The highest BCUT2D eigenvalue weighted by Gasteiger charge is 2.56. The predicted molar refractivity (Wildman–Crippen MR) is 115 cm³/mol. The molecule has 31 heavy (non-hydrogen) atoms. The first-order valence-corrected chi connectivity index (χ1v) is 12.0. The monoisotopic (exact) mass is 452 g/mol. The maximum Gasteiger partial charge on any atom is 0.320 e. The molecule has 3 rings (SSSR count). The molecule has 0 saturated carbocycles. The third-order valence-electron chi connectivity index (χ3n) is 5.94. The van der Waals surface area contributed by atoms with Crippen molar-refractivity contribution in [1.82, 2.24) is 4.90 Å². The van der Waals surface area contributed by atoms with Gasteiger partial charge in [-0.25, -0.2) is 8.78 Å². The van der Waals surface area contributed by atoms with Crippen LogP contribution in [0.15, 0.2) is 42.5 Å². The molecular weight excluding hydrogens is 425 g/mol. The molecule has 0 radical (unpaired) electrons. The number of aliphatic carboxylic acids is 1. The van der Waals surface area contributed by atoms with Crippen LogP contribution in [0.2, 0.25) is 0 Å². The molecule has 168 valence electrons. The van der Waals surface area contributed by atoms with Crippen LogP contribution in [0.1, 0.15) is 24.8 Å². The molecule has 1 aliphatic rings. The van der Waals surface area contributed by atoms with Crippen molar-refractivity contribution in [2.45, 2.75) is 31.0 Å². The molecule has 2 aromatic rings. The summed E-state index contributed by atoms with van der Waals surface area (Å²) in [5.74, 6) is -2.12. The molecular formula is C22H27F2N2O4P. The van der Waals surface area contributed by atoms with Gasteiger partial charge in [0.1, 0.15) is 11.6 Å². The summed E-state index contributed by atoms with van der Waals surface area (Å²) in [5, 5.41) is 8.17. The number of unbranched alkanes of at least 4 members (excludes halogenated alkanes) is 1. The third-order valence-corrected chi connectivity index (χ3v) is 8.64. The Hall–Kier alpha value is -2.12. The minimum Gasteiger partial charge on any atom is -0.480 e. The van der Waals surface area contributed by atoms with Gasteiger partial charge in [-0.15, -0.1) is 0 Å². The van der Waals surface area contributed by atoms with E-state index in [1.54, 1.807) is 18.2 Å². The first kappa shape index (κ1) is 23.5. The van der Waals surface area contributed by atoms with E-state index < -0.39 is 30.1 Å². The zero-order chi connectivity index (χ0) is 22.6. The molecule has 1 fully saturated rings. The molecule has 4 N–H and O–H groups in total. The summed E-state index contributed by atoms with van der Waals surface area (Å²) in [6.07, 6.45) is 0.952. The normalized spacial score (nSPS) is 24.3. The minimum absolute atomic E-state index is 0.0675. The van der Waals surface area contributed by atoms with Gasteiger partial charge in [-0.05, 0) is 60.3 Å². The average Bonchev–Trinajstić information content (AvgIpc) is 2.72. The van der Waals surface area contributed by atoms with E-state index in [-0.39, 0.29) is 32.2 Å². The fraction of sp³-hybridized carbons (Fsp3) is 0.409. The van der Waals surface area contributed by atoms with Gasteiger partial charge in [-0.1, -0.05) is 24.6 Å². The van der Waals surface area contributed by atoms with Gasteiger partial charge in [0, 0.05) is 25.8 Å². The van der Waals surface area contributed by atoms with Crippen molar-refractivity contribution in [3.8, 4) is 11.1 Å². The van der Waals surface area contributed by atoms with Crippen molar-refractivity contribution in [2.75, 3.05) is 25.8 Å². The van der Waals surface area contributed by atoms with Crippen LogP contribution in [-0.2, 0) is 15.9 Å². The molecule has 1 heterocycles. The second kappa shape index (κ2) is 9.57. The molecule has 1 aliphatic heterocycles. The molecule has 9 heteroatoms. The molecule has 0 bridgehead atoms. The second-order valence-electron chi connectivity index (χ2n) is 8.03. The van der Waals surface area contributed by atoms with E-state index >= 15 is 0 Å². The van der Waals surface area contributed by atoms with Gasteiger partial charge >= 0.3 is 5.97 Å². The highest BCUT2D eigenvalue weighted by atomic mass is 31.2. The Morgan fingerprint density at radius 1 is 1.13 bits per heavy atom. The number of hydrogen-bond acceptors (Lipinski definition) is 4. The van der Waals surface area contributed by atoms with E-state index in [0.29, 0.717) is 30.5 Å². The van der Waals surface area contributed by atoms with Crippen LogP contribution in [0.3, 0.4) is 0 Å². The van der Waals surface area contributed by atoms with Crippen molar-refractivity contribution >= 4 is 13.3 Å². The van der Waals surface area contributed by atoms with Crippen LogP contribution in [0.25, 0.3) is 11.1 Å². The lowest BCUT2D eigenvalue weighted by Gasteiger charge is -2.43. The Labute approximate surface area is 180 Å². The zero-order valence-corrected chi connectivity index (χ0v) is 18.0. The number of benzene rings is 2. The van der Waals surface area contributed by atoms with Gasteiger partial charge in [-0.3, -0.25) is 14.3 Å². The molecule has 0 spiro atoms. The van der Waals surface area contributed by atoms with Crippen molar-refractivity contribution in [3.63, 3.8) is 0 Å². The number of nitrogens with zero attached hydrogens (tertiary/aromatic N) is 1. The van der Waals surface area contributed by atoms with Crippen molar-refractivity contribution in [3.05, 3.63) is 59.7 Å². The van der Waals surface area contributed by atoms with Gasteiger partial charge in [0.15, 0.2) is 5.16 Å². The predicted octanol–water partition coefficient (Wildman–Crippen LogP) is 3.67. The number of nitrogens with two attached hydrogens (primary N) is 1. The molecule has 6 nitrogen and oxygen atoms in total. The van der Waals surface area contributed by atoms with Crippen LogP contribution in [0.4, 0.5) is 8.78 Å². The Kier molecular flexibility index (Phi) is 7.27. The average molecular weight is 452 g/mol. The number of rotatable bonds is 8. The first-order valence-electron chi connectivity index (χ1n) is 10.2. The lowest BCUT2D eigenvalue weighted by atomic mass is 9.97. The topological polar surface area (TPSA) is 104 Å². The van der Waals surface area contributed by atoms with Gasteiger partial charge in [0.2, 0.25) is 7.37 Å². The van der Waals surface area contributed by atoms with E-state index in [2.05, 4.69) is 0 Å². The fourth-order valence-corrected chi connectivity index (χ4v) is 6.36. The van der Waals surface area contributed by atoms with E-state index in [4.69, 9.17) is 5.73 Å². The maximum atomic E-state index is 13.9. The smallest absolute Gasteiger partial charge is 0.320 e. The summed E-state index contributed by atoms with van der Waals surface area (Å²) in [6, 6.07) is 9.97. The summed E-state index contributed by atoms with van der Waals surface area (Å²) in [7, 11) is -3.93.